The van der Waals surface area contributed by atoms with E-state index in [-0.39, 0.29) is 4.90 Å². The van der Waals surface area contributed by atoms with Gasteiger partial charge in [-0.15, -0.1) is 0 Å². The Balaban J connectivity index is 2.49. The van der Waals surface area contributed by atoms with Gasteiger partial charge in [-0.3, -0.25) is 10.1 Å². The molecule has 7 nitrogen and oxygen atoms in total. The maximum atomic E-state index is 12.4. The van der Waals surface area contributed by atoms with E-state index < -0.39 is 31.9 Å². The van der Waals surface area contributed by atoms with Crippen molar-refractivity contribution in [3.05, 3.63) is 52.6 Å². The van der Waals surface area contributed by atoms with Crippen LogP contribution in [0.15, 0.2) is 47.4 Å². The van der Waals surface area contributed by atoms with Crippen molar-refractivity contribution in [2.24, 2.45) is 0 Å². The molecule has 0 saturated heterocycles. The minimum absolute atomic E-state index is 0.0608. The van der Waals surface area contributed by atoms with Gasteiger partial charge in [0, 0.05) is 11.6 Å². The second-order valence-electron chi connectivity index (χ2n) is 6.34. The monoisotopic (exact) mass is 350 g/mol. The van der Waals surface area contributed by atoms with Crippen molar-refractivity contribution in [3.63, 3.8) is 0 Å². The molecule has 0 radical (unpaired) electrons. The SMILES string of the molecule is CC(C)(C)NS(=O)(=O)c1cccc(-c2ccc(O)c([N+](=O)[O-])c2)c1. The summed E-state index contributed by atoms with van der Waals surface area (Å²) in [6.07, 6.45) is 0. The summed E-state index contributed by atoms with van der Waals surface area (Å²) >= 11 is 0. The van der Waals surface area contributed by atoms with Crippen molar-refractivity contribution >= 4 is 15.7 Å². The Kier molecular flexibility index (Phi) is 4.63. The molecule has 0 spiro atoms. The fraction of sp³-hybridized carbons (Fsp3) is 0.250. The molecule has 0 aliphatic carbocycles. The summed E-state index contributed by atoms with van der Waals surface area (Å²) in [4.78, 5) is 10.3. The molecular weight excluding hydrogens is 332 g/mol. The van der Waals surface area contributed by atoms with Gasteiger partial charge in [0.25, 0.3) is 0 Å². The van der Waals surface area contributed by atoms with Crippen LogP contribution in [0.2, 0.25) is 0 Å². The highest BCUT2D eigenvalue weighted by atomic mass is 32.2. The van der Waals surface area contributed by atoms with Crippen molar-refractivity contribution < 1.29 is 18.4 Å². The van der Waals surface area contributed by atoms with E-state index in [1.165, 1.54) is 30.3 Å². The summed E-state index contributed by atoms with van der Waals surface area (Å²) < 4.78 is 27.4. The summed E-state index contributed by atoms with van der Waals surface area (Å²) in [6.45, 7) is 5.20. The first-order valence-electron chi connectivity index (χ1n) is 7.11. The van der Waals surface area contributed by atoms with Crippen molar-refractivity contribution in [3.8, 4) is 16.9 Å². The van der Waals surface area contributed by atoms with Crippen LogP contribution in [0.5, 0.6) is 5.75 Å². The van der Waals surface area contributed by atoms with Crippen molar-refractivity contribution in [2.45, 2.75) is 31.2 Å². The van der Waals surface area contributed by atoms with Gasteiger partial charge in [-0.05, 0) is 50.1 Å². The van der Waals surface area contributed by atoms with E-state index in [0.717, 1.165) is 0 Å². The first-order valence-corrected chi connectivity index (χ1v) is 8.60. The molecule has 0 atom stereocenters. The van der Waals surface area contributed by atoms with E-state index in [1.54, 1.807) is 32.9 Å². The first kappa shape index (κ1) is 17.9. The Morgan fingerprint density at radius 2 is 1.71 bits per heavy atom. The molecule has 24 heavy (non-hydrogen) atoms. The van der Waals surface area contributed by atoms with Gasteiger partial charge < -0.3 is 5.11 Å². The minimum Gasteiger partial charge on any atom is -0.502 e. The number of nitro groups is 1. The van der Waals surface area contributed by atoms with E-state index in [2.05, 4.69) is 4.72 Å². The number of phenolic OH excluding ortho intramolecular Hbond substituents is 1. The lowest BCUT2D eigenvalue weighted by molar-refractivity contribution is -0.385. The number of phenols is 1. The number of nitro benzene ring substituents is 1. The zero-order valence-electron chi connectivity index (χ0n) is 13.5. The molecule has 0 aromatic heterocycles. The molecule has 2 N–H and O–H groups in total. The number of nitrogens with zero attached hydrogens (tertiary/aromatic N) is 1. The largest absolute Gasteiger partial charge is 0.502 e. The Labute approximate surface area is 140 Å². The number of benzene rings is 2. The average Bonchev–Trinajstić information content (AvgIpc) is 2.45. The van der Waals surface area contributed by atoms with Crippen LogP contribution in [0.3, 0.4) is 0 Å². The lowest BCUT2D eigenvalue weighted by Gasteiger charge is -2.20. The molecule has 2 rings (SSSR count). The normalized spacial score (nSPS) is 12.1. The predicted molar refractivity (Wildman–Crippen MR) is 90.3 cm³/mol. The summed E-state index contributed by atoms with van der Waals surface area (Å²) in [5.41, 5.74) is -0.137. The Morgan fingerprint density at radius 3 is 2.29 bits per heavy atom. The summed E-state index contributed by atoms with van der Waals surface area (Å²) in [5, 5.41) is 20.4. The van der Waals surface area contributed by atoms with Crippen LogP contribution < -0.4 is 4.72 Å². The number of hydrogen-bond acceptors (Lipinski definition) is 5. The van der Waals surface area contributed by atoms with Gasteiger partial charge in [0.05, 0.1) is 9.82 Å². The van der Waals surface area contributed by atoms with Crippen LogP contribution in [-0.4, -0.2) is 24.0 Å². The highest BCUT2D eigenvalue weighted by Gasteiger charge is 2.22. The molecule has 0 amide bonds. The van der Waals surface area contributed by atoms with Gasteiger partial charge in [-0.25, -0.2) is 13.1 Å². The molecule has 2 aromatic carbocycles. The number of hydrogen-bond donors (Lipinski definition) is 2. The van der Waals surface area contributed by atoms with Crippen LogP contribution in [0.4, 0.5) is 5.69 Å². The minimum atomic E-state index is -3.72. The Morgan fingerprint density at radius 1 is 1.08 bits per heavy atom. The fourth-order valence-electron chi connectivity index (χ4n) is 2.15. The highest BCUT2D eigenvalue weighted by molar-refractivity contribution is 7.89. The maximum absolute atomic E-state index is 12.4. The van der Waals surface area contributed by atoms with Gasteiger partial charge in [-0.1, -0.05) is 18.2 Å². The average molecular weight is 350 g/mol. The van der Waals surface area contributed by atoms with Gasteiger partial charge in [0.2, 0.25) is 10.0 Å². The number of nitrogens with one attached hydrogen (secondary N) is 1. The predicted octanol–water partition coefficient (Wildman–Crippen LogP) is 3.04. The van der Waals surface area contributed by atoms with E-state index >= 15 is 0 Å². The lowest BCUT2D eigenvalue weighted by atomic mass is 10.0. The molecule has 2 aromatic rings. The summed E-state index contributed by atoms with van der Waals surface area (Å²) in [5.74, 6) is -0.443. The molecular formula is C16H18N2O5S. The van der Waals surface area contributed by atoms with Crippen molar-refractivity contribution in [2.75, 3.05) is 0 Å². The third-order valence-corrected chi connectivity index (χ3v) is 4.85. The second-order valence-corrected chi connectivity index (χ2v) is 8.03. The molecule has 0 bridgehead atoms. The lowest BCUT2D eigenvalue weighted by Crippen LogP contribution is -2.40. The van der Waals surface area contributed by atoms with Crippen LogP contribution >= 0.6 is 0 Å². The van der Waals surface area contributed by atoms with Gasteiger partial charge >= 0.3 is 5.69 Å². The van der Waals surface area contributed by atoms with E-state index in [9.17, 15) is 23.6 Å². The number of rotatable bonds is 4. The third kappa shape index (κ3) is 4.09. The van der Waals surface area contributed by atoms with Crippen LogP contribution in [0, 0.1) is 10.1 Å². The molecule has 8 heteroatoms. The second kappa shape index (κ2) is 6.21. The molecule has 0 saturated carbocycles. The van der Waals surface area contributed by atoms with Crippen molar-refractivity contribution in [1.29, 1.82) is 0 Å². The van der Waals surface area contributed by atoms with Crippen LogP contribution in [0.1, 0.15) is 20.8 Å². The molecule has 0 unspecified atom stereocenters. The van der Waals surface area contributed by atoms with Gasteiger partial charge in [0.15, 0.2) is 5.75 Å². The fourth-order valence-corrected chi connectivity index (χ4v) is 3.62. The van der Waals surface area contributed by atoms with E-state index in [4.69, 9.17) is 0 Å². The third-order valence-electron chi connectivity index (χ3n) is 3.09. The maximum Gasteiger partial charge on any atom is 0.311 e. The topological polar surface area (TPSA) is 110 Å². The number of aromatic hydroxyl groups is 1. The zero-order chi connectivity index (χ0) is 18.1. The van der Waals surface area contributed by atoms with Crippen LogP contribution in [-0.2, 0) is 10.0 Å². The summed E-state index contributed by atoms with van der Waals surface area (Å²) in [7, 11) is -3.72. The van der Waals surface area contributed by atoms with E-state index in [0.29, 0.717) is 11.1 Å². The smallest absolute Gasteiger partial charge is 0.311 e. The van der Waals surface area contributed by atoms with E-state index in [1.807, 2.05) is 0 Å². The van der Waals surface area contributed by atoms with Gasteiger partial charge in [-0.2, -0.15) is 0 Å². The molecule has 0 aliphatic rings. The first-order chi connectivity index (χ1) is 11.0. The highest BCUT2D eigenvalue weighted by Crippen LogP contribution is 2.32. The molecule has 0 heterocycles. The Bertz CT molecular complexity index is 886. The van der Waals surface area contributed by atoms with Gasteiger partial charge in [0.1, 0.15) is 0 Å². The summed E-state index contributed by atoms with van der Waals surface area (Å²) in [6, 6.07) is 10.00. The standard InChI is InChI=1S/C16H18N2O5S/c1-16(2,3)17-24(22,23)13-6-4-5-11(9-13)12-7-8-15(19)14(10-12)18(20)21/h4-10,17,19H,1-3H3. The van der Waals surface area contributed by atoms with Crippen molar-refractivity contribution in [1.82, 2.24) is 4.72 Å². The molecule has 0 fully saturated rings. The molecule has 128 valence electrons. The Hall–Kier alpha value is -2.45. The molecule has 0 aliphatic heterocycles. The van der Waals surface area contributed by atoms with Crippen LogP contribution in [0.25, 0.3) is 11.1 Å². The number of sulfonamides is 1. The zero-order valence-corrected chi connectivity index (χ0v) is 14.3. The quantitative estimate of drug-likeness (QED) is 0.650.